The Morgan fingerprint density at radius 1 is 1.14 bits per heavy atom. The van der Waals surface area contributed by atoms with Crippen molar-refractivity contribution in [3.8, 4) is 11.3 Å². The number of nitrogens with two attached hydrogens (primary N) is 1. The van der Waals surface area contributed by atoms with E-state index in [-0.39, 0.29) is 5.91 Å². The number of anilines is 1. The first-order valence-electron chi connectivity index (χ1n) is 12.8. The fourth-order valence-corrected chi connectivity index (χ4v) is 5.13. The Morgan fingerprint density at radius 2 is 1.92 bits per heavy atom. The zero-order chi connectivity index (χ0) is 25.6. The van der Waals surface area contributed by atoms with Crippen LogP contribution in [0.4, 0.5) is 5.95 Å². The summed E-state index contributed by atoms with van der Waals surface area (Å²) in [5.41, 5.74) is 11.0. The molecule has 0 atom stereocenters. The minimum absolute atomic E-state index is 0.0880. The third-order valence-electron chi connectivity index (χ3n) is 6.89. The Labute approximate surface area is 222 Å². The summed E-state index contributed by atoms with van der Waals surface area (Å²) in [5, 5.41) is 3.93. The van der Waals surface area contributed by atoms with Gasteiger partial charge in [0.2, 0.25) is 11.9 Å². The summed E-state index contributed by atoms with van der Waals surface area (Å²) in [6.45, 7) is 4.82. The molecule has 194 valence electrons. The molecule has 0 bridgehead atoms. The molecule has 5 rings (SSSR count). The predicted octanol–water partition coefficient (Wildman–Crippen LogP) is 3.69. The van der Waals surface area contributed by atoms with E-state index in [1.807, 2.05) is 41.3 Å². The maximum absolute atomic E-state index is 13.2. The average molecular weight is 521 g/mol. The van der Waals surface area contributed by atoms with Crippen molar-refractivity contribution in [1.29, 1.82) is 0 Å². The van der Waals surface area contributed by atoms with E-state index in [0.29, 0.717) is 55.4 Å². The molecular formula is C28H33ClN6O2. The molecule has 0 aliphatic carbocycles. The largest absolute Gasteiger partial charge is 0.381 e. The number of halogens is 1. The van der Waals surface area contributed by atoms with E-state index in [4.69, 9.17) is 27.1 Å². The second-order valence-electron chi connectivity index (χ2n) is 9.64. The lowest BCUT2D eigenvalue weighted by molar-refractivity contribution is -0.133. The van der Waals surface area contributed by atoms with E-state index in [1.54, 1.807) is 6.20 Å². The number of nitrogens with zero attached hydrogens (tertiary/aromatic N) is 4. The SMILES string of the molecule is NCCN(Cc1ccccc1)C(=O)CN1Cc2ccc(-c3nc(NC4CCOCC4)ncc3Cl)cc2C1. The highest BCUT2D eigenvalue weighted by atomic mass is 35.5. The minimum atomic E-state index is 0.0880. The van der Waals surface area contributed by atoms with E-state index in [2.05, 4.69) is 27.3 Å². The highest BCUT2D eigenvalue weighted by Gasteiger charge is 2.24. The molecule has 0 unspecified atom stereocenters. The molecule has 0 spiro atoms. The second-order valence-corrected chi connectivity index (χ2v) is 10.0. The number of nitrogens with one attached hydrogen (secondary N) is 1. The van der Waals surface area contributed by atoms with E-state index in [1.165, 1.54) is 11.1 Å². The number of amides is 1. The molecule has 1 fully saturated rings. The van der Waals surface area contributed by atoms with Gasteiger partial charge in [-0.1, -0.05) is 54.1 Å². The molecule has 2 aliphatic rings. The van der Waals surface area contributed by atoms with Crippen molar-refractivity contribution in [3.63, 3.8) is 0 Å². The van der Waals surface area contributed by atoms with Gasteiger partial charge in [0.25, 0.3) is 0 Å². The van der Waals surface area contributed by atoms with Crippen molar-refractivity contribution in [1.82, 2.24) is 19.8 Å². The standard InChI is InChI=1S/C28H33ClN6O2/c29-25-15-31-28(32-24-8-12-37-13-9-24)33-27(25)21-6-7-22-17-34(18-23(22)14-21)19-26(36)35(11-10-30)16-20-4-2-1-3-5-20/h1-7,14-15,24H,8-13,16-19,30H2,(H,31,32,33). The van der Waals surface area contributed by atoms with Gasteiger partial charge in [-0.15, -0.1) is 0 Å². The number of aromatic nitrogens is 2. The van der Waals surface area contributed by atoms with E-state index < -0.39 is 0 Å². The summed E-state index contributed by atoms with van der Waals surface area (Å²) < 4.78 is 5.44. The number of carbonyl (C=O) groups excluding carboxylic acids is 1. The summed E-state index contributed by atoms with van der Waals surface area (Å²) in [7, 11) is 0. The number of fused-ring (bicyclic) bond motifs is 1. The van der Waals surface area contributed by atoms with Crippen molar-refractivity contribution in [2.24, 2.45) is 5.73 Å². The maximum atomic E-state index is 13.2. The predicted molar refractivity (Wildman–Crippen MR) is 145 cm³/mol. The fourth-order valence-electron chi connectivity index (χ4n) is 4.93. The number of rotatable bonds is 9. The van der Waals surface area contributed by atoms with Gasteiger partial charge in [-0.2, -0.15) is 0 Å². The second kappa shape index (κ2) is 12.0. The van der Waals surface area contributed by atoms with Crippen LogP contribution in [0.3, 0.4) is 0 Å². The van der Waals surface area contributed by atoms with Gasteiger partial charge in [-0.3, -0.25) is 9.69 Å². The smallest absolute Gasteiger partial charge is 0.237 e. The van der Waals surface area contributed by atoms with Gasteiger partial charge in [-0.25, -0.2) is 9.97 Å². The quantitative estimate of drug-likeness (QED) is 0.444. The van der Waals surface area contributed by atoms with Crippen LogP contribution in [-0.4, -0.2) is 64.6 Å². The lowest BCUT2D eigenvalue weighted by Crippen LogP contribution is -2.40. The molecule has 2 aromatic carbocycles. The fraction of sp³-hybridized carbons (Fsp3) is 0.393. The Morgan fingerprint density at radius 3 is 2.70 bits per heavy atom. The third kappa shape index (κ3) is 6.45. The zero-order valence-corrected chi connectivity index (χ0v) is 21.7. The average Bonchev–Trinajstić information content (AvgIpc) is 3.32. The van der Waals surface area contributed by atoms with E-state index >= 15 is 0 Å². The monoisotopic (exact) mass is 520 g/mol. The summed E-state index contributed by atoms with van der Waals surface area (Å²) in [5.74, 6) is 0.669. The van der Waals surface area contributed by atoms with Gasteiger partial charge < -0.3 is 20.7 Å². The van der Waals surface area contributed by atoms with Crippen molar-refractivity contribution >= 4 is 23.5 Å². The van der Waals surface area contributed by atoms with Crippen LogP contribution in [-0.2, 0) is 29.2 Å². The zero-order valence-electron chi connectivity index (χ0n) is 20.9. The molecular weight excluding hydrogens is 488 g/mol. The molecule has 2 aliphatic heterocycles. The number of benzene rings is 2. The van der Waals surface area contributed by atoms with Crippen LogP contribution in [0.15, 0.2) is 54.7 Å². The molecule has 9 heteroatoms. The van der Waals surface area contributed by atoms with Gasteiger partial charge in [-0.05, 0) is 35.6 Å². The lowest BCUT2D eigenvalue weighted by atomic mass is 10.0. The van der Waals surface area contributed by atoms with Gasteiger partial charge in [0.15, 0.2) is 0 Å². The number of hydrogen-bond donors (Lipinski definition) is 2. The van der Waals surface area contributed by atoms with Crippen molar-refractivity contribution in [2.75, 3.05) is 38.2 Å². The minimum Gasteiger partial charge on any atom is -0.381 e. The molecule has 37 heavy (non-hydrogen) atoms. The molecule has 1 aromatic heterocycles. The van der Waals surface area contributed by atoms with Crippen LogP contribution < -0.4 is 11.1 Å². The van der Waals surface area contributed by atoms with Crippen LogP contribution in [0.5, 0.6) is 0 Å². The van der Waals surface area contributed by atoms with E-state index in [0.717, 1.165) is 43.7 Å². The summed E-state index contributed by atoms with van der Waals surface area (Å²) >= 11 is 6.51. The Hall–Kier alpha value is -3.04. The highest BCUT2D eigenvalue weighted by molar-refractivity contribution is 6.32. The van der Waals surface area contributed by atoms with Gasteiger partial charge in [0, 0.05) is 57.5 Å². The molecule has 0 saturated carbocycles. The van der Waals surface area contributed by atoms with Crippen LogP contribution in [0, 0.1) is 0 Å². The Balaban J connectivity index is 1.25. The van der Waals surface area contributed by atoms with Crippen LogP contribution in [0.25, 0.3) is 11.3 Å². The molecule has 8 nitrogen and oxygen atoms in total. The van der Waals surface area contributed by atoms with Crippen molar-refractivity contribution in [2.45, 2.75) is 38.5 Å². The van der Waals surface area contributed by atoms with E-state index in [9.17, 15) is 4.79 Å². The maximum Gasteiger partial charge on any atom is 0.237 e. The molecule has 3 heterocycles. The molecule has 1 saturated heterocycles. The lowest BCUT2D eigenvalue weighted by Gasteiger charge is -2.25. The van der Waals surface area contributed by atoms with Crippen molar-refractivity contribution in [3.05, 3.63) is 76.4 Å². The summed E-state index contributed by atoms with van der Waals surface area (Å²) in [6, 6.07) is 16.6. The first-order valence-corrected chi connectivity index (χ1v) is 13.2. The van der Waals surface area contributed by atoms with Crippen LogP contribution in [0.2, 0.25) is 5.02 Å². The first kappa shape index (κ1) is 25.6. The number of ether oxygens (including phenoxy) is 1. The molecule has 3 N–H and O–H groups in total. The first-order chi connectivity index (χ1) is 18.1. The highest BCUT2D eigenvalue weighted by Crippen LogP contribution is 2.31. The summed E-state index contributed by atoms with van der Waals surface area (Å²) in [4.78, 5) is 26.3. The van der Waals surface area contributed by atoms with Gasteiger partial charge in [0.05, 0.1) is 23.5 Å². The van der Waals surface area contributed by atoms with Crippen molar-refractivity contribution < 1.29 is 9.53 Å². The van der Waals surface area contributed by atoms with Crippen LogP contribution >= 0.6 is 11.6 Å². The topological polar surface area (TPSA) is 96.6 Å². The van der Waals surface area contributed by atoms with Gasteiger partial charge >= 0.3 is 0 Å². The molecule has 3 aromatic rings. The van der Waals surface area contributed by atoms with Gasteiger partial charge in [0.1, 0.15) is 0 Å². The van der Waals surface area contributed by atoms with Crippen LogP contribution in [0.1, 0.15) is 29.5 Å². The Kier molecular flexibility index (Phi) is 8.31. The molecule has 0 radical (unpaired) electrons. The number of carbonyl (C=O) groups is 1. The molecule has 1 amide bonds. The summed E-state index contributed by atoms with van der Waals surface area (Å²) in [6.07, 6.45) is 3.52. The normalized spacial score (nSPS) is 15.9. The third-order valence-corrected chi connectivity index (χ3v) is 7.17. The Bertz CT molecular complexity index is 1220. The number of hydrogen-bond acceptors (Lipinski definition) is 7.